The molecule has 0 N–H and O–H groups in total. The summed E-state index contributed by atoms with van der Waals surface area (Å²) in [4.78, 5) is 12.0. The van der Waals surface area contributed by atoms with Crippen LogP contribution in [0.25, 0.3) is 0 Å². The van der Waals surface area contributed by atoms with Crippen LogP contribution in [0.2, 0.25) is 5.02 Å². The van der Waals surface area contributed by atoms with Gasteiger partial charge in [-0.3, -0.25) is 0 Å². The highest BCUT2D eigenvalue weighted by atomic mass is 79.9. The third-order valence-electron chi connectivity index (χ3n) is 4.23. The average Bonchev–Trinajstić information content (AvgIpc) is 3.10. The molecule has 1 aliphatic heterocycles. The zero-order chi connectivity index (χ0) is 18.4. The van der Waals surface area contributed by atoms with E-state index in [0.29, 0.717) is 23.9 Å². The molecule has 2 aromatic carbocycles. The van der Waals surface area contributed by atoms with Crippen molar-refractivity contribution in [3.05, 3.63) is 70.7 Å². The highest BCUT2D eigenvalue weighted by molar-refractivity contribution is 9.09. The summed E-state index contributed by atoms with van der Waals surface area (Å²) >= 11 is 9.40. The lowest BCUT2D eigenvalue weighted by atomic mass is 10.1. The van der Waals surface area contributed by atoms with Crippen molar-refractivity contribution in [2.75, 3.05) is 18.5 Å². The van der Waals surface area contributed by atoms with E-state index in [4.69, 9.17) is 25.8 Å². The number of aryl methyl sites for hydroxylation is 1. The van der Waals surface area contributed by atoms with Crippen LogP contribution in [0.15, 0.2) is 54.6 Å². The number of halogens is 2. The molecule has 1 heterocycles. The van der Waals surface area contributed by atoms with Gasteiger partial charge in [-0.05, 0) is 36.2 Å². The summed E-state index contributed by atoms with van der Waals surface area (Å²) in [5.41, 5.74) is 1.70. The van der Waals surface area contributed by atoms with E-state index in [-0.39, 0.29) is 18.7 Å². The van der Waals surface area contributed by atoms with Crippen LogP contribution >= 0.6 is 27.5 Å². The molecule has 6 heteroatoms. The van der Waals surface area contributed by atoms with Crippen LogP contribution in [0.5, 0.6) is 0 Å². The second-order valence-corrected chi connectivity index (χ2v) is 7.18. The molecule has 0 bridgehead atoms. The zero-order valence-corrected chi connectivity index (χ0v) is 16.5. The molecule has 138 valence electrons. The van der Waals surface area contributed by atoms with Gasteiger partial charge >= 0.3 is 5.97 Å². The summed E-state index contributed by atoms with van der Waals surface area (Å²) in [6.45, 7) is 0.567. The van der Waals surface area contributed by atoms with E-state index in [1.54, 1.807) is 24.3 Å². The smallest absolute Gasteiger partial charge is 0.338 e. The molecule has 0 spiro atoms. The van der Waals surface area contributed by atoms with Gasteiger partial charge in [0.15, 0.2) is 5.79 Å². The minimum Gasteiger partial charge on any atom is -0.459 e. The first-order valence-electron chi connectivity index (χ1n) is 8.45. The molecule has 1 aliphatic rings. The molecule has 0 aromatic heterocycles. The van der Waals surface area contributed by atoms with Gasteiger partial charge in [0.05, 0.1) is 17.5 Å². The fourth-order valence-electron chi connectivity index (χ4n) is 2.78. The summed E-state index contributed by atoms with van der Waals surface area (Å²) in [6.07, 6.45) is 1.23. The third-order valence-corrected chi connectivity index (χ3v) is 5.34. The second kappa shape index (κ2) is 9.00. The molecule has 4 nitrogen and oxygen atoms in total. The quantitative estimate of drug-likeness (QED) is 0.466. The van der Waals surface area contributed by atoms with E-state index in [1.807, 2.05) is 30.3 Å². The van der Waals surface area contributed by atoms with Gasteiger partial charge in [0.2, 0.25) is 0 Å². The highest BCUT2D eigenvalue weighted by Gasteiger charge is 2.40. The van der Waals surface area contributed by atoms with Crippen LogP contribution in [0, 0.1) is 0 Å². The van der Waals surface area contributed by atoms with Gasteiger partial charge in [-0.1, -0.05) is 57.9 Å². The van der Waals surface area contributed by atoms with Crippen molar-refractivity contribution in [3.63, 3.8) is 0 Å². The topological polar surface area (TPSA) is 44.8 Å². The van der Waals surface area contributed by atoms with Gasteiger partial charge in [-0.25, -0.2) is 4.79 Å². The van der Waals surface area contributed by atoms with E-state index in [2.05, 4.69) is 15.9 Å². The summed E-state index contributed by atoms with van der Waals surface area (Å²) in [5.74, 6) is -1.06. The Morgan fingerprint density at radius 1 is 1.19 bits per heavy atom. The monoisotopic (exact) mass is 438 g/mol. The Morgan fingerprint density at radius 2 is 1.92 bits per heavy atom. The van der Waals surface area contributed by atoms with E-state index < -0.39 is 5.79 Å². The minimum absolute atomic E-state index is 0.170. The van der Waals surface area contributed by atoms with Crippen molar-refractivity contribution in [2.24, 2.45) is 0 Å². The fourth-order valence-corrected chi connectivity index (χ4v) is 3.48. The molecule has 3 rings (SSSR count). The molecule has 2 atom stereocenters. The van der Waals surface area contributed by atoms with Crippen molar-refractivity contribution in [3.8, 4) is 0 Å². The van der Waals surface area contributed by atoms with Crippen molar-refractivity contribution < 1.29 is 19.0 Å². The molecule has 0 aliphatic carbocycles. The first-order chi connectivity index (χ1) is 12.6. The van der Waals surface area contributed by atoms with Crippen LogP contribution in [0.3, 0.4) is 0 Å². The largest absolute Gasteiger partial charge is 0.459 e. The SMILES string of the molecule is O=C(OC[C@H]1CO[C@](CBr)(CCc2ccc(Cl)cc2)O1)c1ccccc1. The molecule has 2 aromatic rings. The maximum absolute atomic E-state index is 12.0. The molecular weight excluding hydrogens is 420 g/mol. The van der Waals surface area contributed by atoms with Crippen molar-refractivity contribution in [1.82, 2.24) is 0 Å². The predicted octanol–water partition coefficient (Wildman–Crippen LogP) is 4.64. The molecule has 26 heavy (non-hydrogen) atoms. The van der Waals surface area contributed by atoms with Gasteiger partial charge < -0.3 is 14.2 Å². The molecule has 1 saturated heterocycles. The Kier molecular flexibility index (Phi) is 6.70. The number of alkyl halides is 1. The standard InChI is InChI=1S/C20H20BrClO4/c21-14-20(11-10-15-6-8-17(22)9-7-15)25-13-18(26-20)12-24-19(23)16-4-2-1-3-5-16/h1-9,18H,10-14H2/t18-,20+/m0/s1. The Labute approximate surface area is 166 Å². The zero-order valence-electron chi connectivity index (χ0n) is 14.2. The number of carbonyl (C=O) groups excluding carboxylic acids is 1. The molecule has 0 unspecified atom stereocenters. The van der Waals surface area contributed by atoms with Gasteiger partial charge in [0.1, 0.15) is 12.7 Å². The first-order valence-corrected chi connectivity index (χ1v) is 9.94. The van der Waals surface area contributed by atoms with Crippen molar-refractivity contribution >= 4 is 33.5 Å². The van der Waals surface area contributed by atoms with E-state index in [0.717, 1.165) is 11.4 Å². The van der Waals surface area contributed by atoms with Crippen LogP contribution in [-0.2, 0) is 20.6 Å². The van der Waals surface area contributed by atoms with E-state index >= 15 is 0 Å². The average molecular weight is 440 g/mol. The summed E-state index contributed by atoms with van der Waals surface area (Å²) < 4.78 is 17.3. The van der Waals surface area contributed by atoms with Gasteiger partial charge in [-0.15, -0.1) is 0 Å². The number of esters is 1. The lowest BCUT2D eigenvalue weighted by Crippen LogP contribution is -2.34. The number of rotatable bonds is 7. The van der Waals surface area contributed by atoms with Crippen LogP contribution in [0.1, 0.15) is 22.3 Å². The number of hydrogen-bond donors (Lipinski definition) is 0. The van der Waals surface area contributed by atoms with Crippen LogP contribution in [0.4, 0.5) is 0 Å². The van der Waals surface area contributed by atoms with Crippen LogP contribution in [-0.4, -0.2) is 36.4 Å². The third kappa shape index (κ3) is 5.07. The van der Waals surface area contributed by atoms with Gasteiger partial charge in [-0.2, -0.15) is 0 Å². The second-order valence-electron chi connectivity index (χ2n) is 6.19. The number of carbonyl (C=O) groups is 1. The minimum atomic E-state index is -0.705. The predicted molar refractivity (Wildman–Crippen MR) is 104 cm³/mol. The fraction of sp³-hybridized carbons (Fsp3) is 0.350. The molecule has 0 saturated carbocycles. The molecule has 0 radical (unpaired) electrons. The first kappa shape index (κ1) is 19.4. The lowest BCUT2D eigenvalue weighted by Gasteiger charge is -2.26. The van der Waals surface area contributed by atoms with Gasteiger partial charge in [0.25, 0.3) is 0 Å². The molecule has 1 fully saturated rings. The molecular formula is C20H20BrClO4. The van der Waals surface area contributed by atoms with Crippen molar-refractivity contribution in [2.45, 2.75) is 24.7 Å². The van der Waals surface area contributed by atoms with Crippen molar-refractivity contribution in [1.29, 1.82) is 0 Å². The Morgan fingerprint density at radius 3 is 2.62 bits per heavy atom. The summed E-state index contributed by atoms with van der Waals surface area (Å²) in [6, 6.07) is 16.7. The lowest BCUT2D eigenvalue weighted by molar-refractivity contribution is -0.156. The molecule has 0 amide bonds. The maximum atomic E-state index is 12.0. The normalized spacial score (nSPS) is 22.3. The number of hydrogen-bond acceptors (Lipinski definition) is 4. The number of ether oxygens (including phenoxy) is 3. The highest BCUT2D eigenvalue weighted by Crippen LogP contribution is 2.31. The van der Waals surface area contributed by atoms with E-state index in [9.17, 15) is 4.79 Å². The Balaban J connectivity index is 1.50. The van der Waals surface area contributed by atoms with Gasteiger partial charge in [0, 0.05) is 11.4 Å². The Bertz CT molecular complexity index is 722. The summed E-state index contributed by atoms with van der Waals surface area (Å²) in [7, 11) is 0. The Hall–Kier alpha value is -1.40. The summed E-state index contributed by atoms with van der Waals surface area (Å²) in [5, 5.41) is 1.27. The maximum Gasteiger partial charge on any atom is 0.338 e. The van der Waals surface area contributed by atoms with E-state index in [1.165, 1.54) is 5.56 Å². The number of benzene rings is 2. The van der Waals surface area contributed by atoms with Crippen LogP contribution < -0.4 is 0 Å².